The van der Waals surface area contributed by atoms with Crippen LogP contribution in [0.1, 0.15) is 23.2 Å². The summed E-state index contributed by atoms with van der Waals surface area (Å²) in [5.41, 5.74) is 0.622. The second-order valence-electron chi connectivity index (χ2n) is 5.60. The Bertz CT molecular complexity index is 765. The molecule has 1 fully saturated rings. The fourth-order valence-corrected chi connectivity index (χ4v) is 2.68. The number of halogens is 2. The Morgan fingerprint density at radius 3 is 2.46 bits per heavy atom. The normalized spacial score (nSPS) is 14.1. The van der Waals surface area contributed by atoms with Crippen LogP contribution in [0, 0.1) is 11.6 Å². The van der Waals surface area contributed by atoms with E-state index in [1.54, 1.807) is 29.2 Å². The Morgan fingerprint density at radius 2 is 1.83 bits per heavy atom. The zero-order chi connectivity index (χ0) is 17.1. The van der Waals surface area contributed by atoms with E-state index in [1.807, 2.05) is 6.07 Å². The molecule has 2 amide bonds. The Kier molecular flexibility index (Phi) is 4.55. The Labute approximate surface area is 138 Å². The predicted molar refractivity (Wildman–Crippen MR) is 85.4 cm³/mol. The lowest BCUT2D eigenvalue weighted by molar-refractivity contribution is -0.127. The molecule has 0 bridgehead atoms. The molecule has 1 saturated heterocycles. The molecule has 1 heterocycles. The number of nitrogens with zero attached hydrogens (tertiary/aromatic N) is 2. The van der Waals surface area contributed by atoms with Gasteiger partial charge in [0.15, 0.2) is 11.6 Å². The first-order chi connectivity index (χ1) is 11.6. The number of amides is 2. The number of carbonyl (C=O) groups is 2. The van der Waals surface area contributed by atoms with Gasteiger partial charge in [-0.25, -0.2) is 8.78 Å². The van der Waals surface area contributed by atoms with Crippen LogP contribution in [0.2, 0.25) is 0 Å². The molecule has 0 atom stereocenters. The van der Waals surface area contributed by atoms with E-state index in [0.29, 0.717) is 18.7 Å². The maximum absolute atomic E-state index is 13.5. The molecule has 124 valence electrons. The highest BCUT2D eigenvalue weighted by molar-refractivity contribution is 6.06. The largest absolute Gasteiger partial charge is 0.324 e. The van der Waals surface area contributed by atoms with Crippen molar-refractivity contribution in [1.29, 1.82) is 0 Å². The molecule has 24 heavy (non-hydrogen) atoms. The highest BCUT2D eigenvalue weighted by Gasteiger charge is 2.26. The van der Waals surface area contributed by atoms with Gasteiger partial charge in [0.2, 0.25) is 5.91 Å². The molecule has 2 aromatic rings. The molecular formula is C18H16F2N2O2. The Hall–Kier alpha value is -2.76. The van der Waals surface area contributed by atoms with Crippen LogP contribution in [-0.2, 0) is 4.79 Å². The third kappa shape index (κ3) is 3.27. The first-order valence-electron chi connectivity index (χ1n) is 7.66. The van der Waals surface area contributed by atoms with Crippen molar-refractivity contribution >= 4 is 17.5 Å². The third-order valence-corrected chi connectivity index (χ3v) is 3.96. The summed E-state index contributed by atoms with van der Waals surface area (Å²) in [6.45, 7) is 0.661. The van der Waals surface area contributed by atoms with Crippen molar-refractivity contribution in [3.63, 3.8) is 0 Å². The fraction of sp³-hybridized carbons (Fsp3) is 0.222. The molecule has 0 spiro atoms. The van der Waals surface area contributed by atoms with Crippen LogP contribution in [0.4, 0.5) is 14.5 Å². The highest BCUT2D eigenvalue weighted by Crippen LogP contribution is 2.20. The van der Waals surface area contributed by atoms with Crippen LogP contribution >= 0.6 is 0 Å². The fourth-order valence-electron chi connectivity index (χ4n) is 2.68. The molecule has 0 radical (unpaired) electrons. The van der Waals surface area contributed by atoms with Crippen LogP contribution in [0.5, 0.6) is 0 Å². The van der Waals surface area contributed by atoms with Gasteiger partial charge in [-0.3, -0.25) is 14.5 Å². The summed E-state index contributed by atoms with van der Waals surface area (Å²) in [4.78, 5) is 27.7. The quantitative estimate of drug-likeness (QED) is 0.864. The van der Waals surface area contributed by atoms with Crippen molar-refractivity contribution in [2.24, 2.45) is 0 Å². The first-order valence-corrected chi connectivity index (χ1v) is 7.66. The SMILES string of the molecule is O=C1CCCN1CN(C(=O)c1ccc(F)c(F)c1)c1ccccc1. The van der Waals surface area contributed by atoms with Gasteiger partial charge in [0, 0.05) is 24.2 Å². The number of likely N-dealkylation sites (tertiary alicyclic amines) is 1. The number of rotatable bonds is 4. The van der Waals surface area contributed by atoms with Gasteiger partial charge in [-0.05, 0) is 36.8 Å². The molecule has 0 unspecified atom stereocenters. The molecule has 6 heteroatoms. The van der Waals surface area contributed by atoms with Crippen molar-refractivity contribution < 1.29 is 18.4 Å². The van der Waals surface area contributed by atoms with Gasteiger partial charge in [0.1, 0.15) is 6.67 Å². The molecule has 0 N–H and O–H groups in total. The topological polar surface area (TPSA) is 40.6 Å². The van der Waals surface area contributed by atoms with Crippen molar-refractivity contribution in [2.45, 2.75) is 12.8 Å². The van der Waals surface area contributed by atoms with Gasteiger partial charge in [-0.1, -0.05) is 18.2 Å². The van der Waals surface area contributed by atoms with Gasteiger partial charge in [-0.15, -0.1) is 0 Å². The highest BCUT2D eigenvalue weighted by atomic mass is 19.2. The molecule has 0 saturated carbocycles. The summed E-state index contributed by atoms with van der Waals surface area (Å²) in [6, 6.07) is 11.9. The summed E-state index contributed by atoms with van der Waals surface area (Å²) >= 11 is 0. The van der Waals surface area contributed by atoms with Gasteiger partial charge in [-0.2, -0.15) is 0 Å². The molecule has 0 aliphatic carbocycles. The van der Waals surface area contributed by atoms with Crippen molar-refractivity contribution in [3.05, 3.63) is 65.7 Å². The predicted octanol–water partition coefficient (Wildman–Crippen LogP) is 3.19. The van der Waals surface area contributed by atoms with Gasteiger partial charge >= 0.3 is 0 Å². The van der Waals surface area contributed by atoms with Gasteiger partial charge < -0.3 is 4.90 Å². The minimum Gasteiger partial charge on any atom is -0.324 e. The number of carbonyl (C=O) groups excluding carboxylic acids is 2. The van der Waals surface area contributed by atoms with E-state index < -0.39 is 17.5 Å². The Morgan fingerprint density at radius 1 is 1.08 bits per heavy atom. The van der Waals surface area contributed by atoms with Crippen LogP contribution in [0.15, 0.2) is 48.5 Å². The summed E-state index contributed by atoms with van der Waals surface area (Å²) in [5.74, 6) is -2.59. The maximum atomic E-state index is 13.5. The zero-order valence-corrected chi connectivity index (χ0v) is 12.9. The van der Waals surface area contributed by atoms with Crippen LogP contribution in [-0.4, -0.2) is 29.9 Å². The summed E-state index contributed by atoms with van der Waals surface area (Å²) in [6.07, 6.45) is 1.21. The number of hydrogen-bond donors (Lipinski definition) is 0. The number of para-hydroxylation sites is 1. The third-order valence-electron chi connectivity index (χ3n) is 3.96. The summed E-state index contributed by atoms with van der Waals surface area (Å²) < 4.78 is 26.6. The van der Waals surface area contributed by atoms with Crippen molar-refractivity contribution in [1.82, 2.24) is 4.90 Å². The van der Waals surface area contributed by atoms with Gasteiger partial charge in [0.05, 0.1) is 0 Å². The monoisotopic (exact) mass is 330 g/mol. The van der Waals surface area contributed by atoms with Crippen LogP contribution in [0.3, 0.4) is 0 Å². The first kappa shape index (κ1) is 16.1. The number of benzene rings is 2. The lowest BCUT2D eigenvalue weighted by atomic mass is 10.1. The number of hydrogen-bond acceptors (Lipinski definition) is 2. The van der Waals surface area contributed by atoms with E-state index in [-0.39, 0.29) is 18.1 Å². The lowest BCUT2D eigenvalue weighted by Gasteiger charge is -2.28. The number of anilines is 1. The standard InChI is InChI=1S/C18H16F2N2O2/c19-15-9-8-13(11-16(15)20)18(24)22(14-5-2-1-3-6-14)12-21-10-4-7-17(21)23/h1-3,5-6,8-9,11H,4,7,10,12H2. The van der Waals surface area contributed by atoms with Crippen molar-refractivity contribution in [3.8, 4) is 0 Å². The smallest absolute Gasteiger partial charge is 0.259 e. The second-order valence-corrected chi connectivity index (χ2v) is 5.60. The average molecular weight is 330 g/mol. The minimum atomic E-state index is -1.08. The summed E-state index contributed by atoms with van der Waals surface area (Å²) in [5, 5.41) is 0. The lowest BCUT2D eigenvalue weighted by Crippen LogP contribution is -2.42. The summed E-state index contributed by atoms with van der Waals surface area (Å²) in [7, 11) is 0. The van der Waals surface area contributed by atoms with E-state index in [1.165, 1.54) is 11.0 Å². The van der Waals surface area contributed by atoms with Crippen LogP contribution in [0.25, 0.3) is 0 Å². The second kappa shape index (κ2) is 6.78. The van der Waals surface area contributed by atoms with E-state index in [4.69, 9.17) is 0 Å². The molecule has 1 aliphatic rings. The van der Waals surface area contributed by atoms with E-state index in [9.17, 15) is 18.4 Å². The molecule has 4 nitrogen and oxygen atoms in total. The maximum Gasteiger partial charge on any atom is 0.259 e. The minimum absolute atomic E-state index is 0.0194. The zero-order valence-electron chi connectivity index (χ0n) is 12.9. The molecule has 3 rings (SSSR count). The molecular weight excluding hydrogens is 314 g/mol. The molecule has 0 aromatic heterocycles. The van der Waals surface area contributed by atoms with Crippen molar-refractivity contribution in [2.75, 3.05) is 18.1 Å². The van der Waals surface area contributed by atoms with E-state index >= 15 is 0 Å². The Balaban J connectivity index is 1.92. The van der Waals surface area contributed by atoms with E-state index in [0.717, 1.165) is 18.6 Å². The van der Waals surface area contributed by atoms with E-state index in [2.05, 4.69) is 0 Å². The average Bonchev–Trinajstić information content (AvgIpc) is 3.00. The van der Waals surface area contributed by atoms with Gasteiger partial charge in [0.25, 0.3) is 5.91 Å². The molecule has 1 aliphatic heterocycles. The molecule has 2 aromatic carbocycles. The van der Waals surface area contributed by atoms with Crippen LogP contribution < -0.4 is 4.90 Å².